The molecule has 0 aliphatic carbocycles. The molecule has 1 fully saturated rings. The Bertz CT molecular complexity index is 1390. The van der Waals surface area contributed by atoms with Gasteiger partial charge in [0.05, 0.1) is 22.2 Å². The molecule has 6 nitrogen and oxygen atoms in total. The first kappa shape index (κ1) is 18.7. The van der Waals surface area contributed by atoms with Crippen molar-refractivity contribution in [1.29, 1.82) is 0 Å². The van der Waals surface area contributed by atoms with E-state index < -0.39 is 5.41 Å². The molecule has 2 amide bonds. The van der Waals surface area contributed by atoms with Crippen LogP contribution < -0.4 is 5.32 Å². The minimum absolute atomic E-state index is 0.0235. The van der Waals surface area contributed by atoms with Crippen LogP contribution >= 0.6 is 0 Å². The number of nitrogens with one attached hydrogen (secondary N) is 1. The Labute approximate surface area is 184 Å². The molecule has 0 bridgehead atoms. The summed E-state index contributed by atoms with van der Waals surface area (Å²) in [4.78, 5) is 37.4. The van der Waals surface area contributed by atoms with Crippen LogP contribution in [-0.2, 0) is 10.2 Å². The Morgan fingerprint density at radius 1 is 1.03 bits per heavy atom. The molecule has 2 aromatic carbocycles. The van der Waals surface area contributed by atoms with Crippen LogP contribution in [0.3, 0.4) is 0 Å². The minimum atomic E-state index is -0.679. The zero-order valence-electron chi connectivity index (χ0n) is 17.3. The van der Waals surface area contributed by atoms with Crippen LogP contribution in [-0.4, -0.2) is 39.8 Å². The summed E-state index contributed by atoms with van der Waals surface area (Å²) in [6, 6.07) is 21.1. The molecule has 1 saturated heterocycles. The van der Waals surface area contributed by atoms with Crippen LogP contribution in [0.5, 0.6) is 0 Å². The van der Waals surface area contributed by atoms with E-state index in [9.17, 15) is 9.59 Å². The summed E-state index contributed by atoms with van der Waals surface area (Å²) in [6.07, 6.45) is 4.07. The second-order valence-corrected chi connectivity index (χ2v) is 8.37. The van der Waals surface area contributed by atoms with Gasteiger partial charge in [0.15, 0.2) is 0 Å². The highest BCUT2D eigenvalue weighted by atomic mass is 16.2. The Kier molecular flexibility index (Phi) is 4.08. The van der Waals surface area contributed by atoms with Crippen LogP contribution in [0, 0.1) is 0 Å². The standard InChI is InChI=1S/C26H20N4O2/c31-24(30-13-11-26(16-30)20-8-2-4-10-22(20)29-25(26)32)19-14-23(17-6-5-12-27-15-17)28-21-9-3-1-7-18(19)21/h1-10,12,14-15H,11,13,16H2,(H,29,32). The van der Waals surface area contributed by atoms with Crippen molar-refractivity contribution in [1.82, 2.24) is 14.9 Å². The van der Waals surface area contributed by atoms with Crippen LogP contribution in [0.25, 0.3) is 22.2 Å². The lowest BCUT2D eigenvalue weighted by molar-refractivity contribution is -0.120. The summed E-state index contributed by atoms with van der Waals surface area (Å²) < 4.78 is 0. The maximum absolute atomic E-state index is 13.8. The van der Waals surface area contributed by atoms with E-state index in [0.717, 1.165) is 27.7 Å². The number of pyridine rings is 2. The number of fused-ring (bicyclic) bond motifs is 3. The van der Waals surface area contributed by atoms with Gasteiger partial charge in [0, 0.05) is 42.1 Å². The summed E-state index contributed by atoms with van der Waals surface area (Å²) in [5, 5.41) is 3.80. The lowest BCUT2D eigenvalue weighted by Crippen LogP contribution is -2.39. The topological polar surface area (TPSA) is 75.2 Å². The van der Waals surface area contributed by atoms with Crippen molar-refractivity contribution >= 4 is 28.4 Å². The summed E-state index contributed by atoms with van der Waals surface area (Å²) in [6.45, 7) is 0.896. The molecule has 2 aliphatic rings. The first-order valence-corrected chi connectivity index (χ1v) is 10.7. The number of hydrogen-bond donors (Lipinski definition) is 1. The van der Waals surface area contributed by atoms with Gasteiger partial charge in [0.1, 0.15) is 0 Å². The molecule has 1 N–H and O–H groups in total. The van der Waals surface area contributed by atoms with E-state index >= 15 is 0 Å². The largest absolute Gasteiger partial charge is 0.337 e. The number of anilines is 1. The molecule has 1 atom stereocenters. The van der Waals surface area contributed by atoms with E-state index in [1.807, 2.05) is 66.7 Å². The smallest absolute Gasteiger partial charge is 0.254 e. The van der Waals surface area contributed by atoms with Crippen LogP contribution in [0.1, 0.15) is 22.3 Å². The van der Waals surface area contributed by atoms with Gasteiger partial charge in [-0.3, -0.25) is 14.6 Å². The second kappa shape index (κ2) is 6.99. The highest BCUT2D eigenvalue weighted by molar-refractivity contribution is 6.10. The molecule has 1 unspecified atom stereocenters. The van der Waals surface area contributed by atoms with Gasteiger partial charge in [0.2, 0.25) is 5.91 Å². The van der Waals surface area contributed by atoms with Crippen LogP contribution in [0.4, 0.5) is 5.69 Å². The molecule has 4 aromatic rings. The van der Waals surface area contributed by atoms with Crippen molar-refractivity contribution in [2.45, 2.75) is 11.8 Å². The minimum Gasteiger partial charge on any atom is -0.337 e. The fourth-order valence-corrected chi connectivity index (χ4v) is 4.95. The molecule has 2 aliphatic heterocycles. The zero-order valence-corrected chi connectivity index (χ0v) is 17.3. The Balaban J connectivity index is 1.41. The highest BCUT2D eigenvalue weighted by Gasteiger charge is 2.52. The molecule has 156 valence electrons. The van der Waals surface area contributed by atoms with Crippen molar-refractivity contribution in [3.63, 3.8) is 0 Å². The molecular formula is C26H20N4O2. The molecular weight excluding hydrogens is 400 g/mol. The van der Waals surface area contributed by atoms with Crippen molar-refractivity contribution in [2.24, 2.45) is 0 Å². The van der Waals surface area contributed by atoms with Crippen molar-refractivity contribution in [2.75, 3.05) is 18.4 Å². The van der Waals surface area contributed by atoms with E-state index in [2.05, 4.69) is 10.3 Å². The number of rotatable bonds is 2. The summed E-state index contributed by atoms with van der Waals surface area (Å²) in [7, 11) is 0. The van der Waals surface area contributed by atoms with E-state index in [4.69, 9.17) is 4.98 Å². The summed E-state index contributed by atoms with van der Waals surface area (Å²) in [5.41, 5.74) is 4.07. The van der Waals surface area contributed by atoms with Gasteiger partial charge in [-0.1, -0.05) is 36.4 Å². The van der Waals surface area contributed by atoms with Crippen LogP contribution in [0.15, 0.2) is 79.1 Å². The fraction of sp³-hybridized carbons (Fsp3) is 0.154. The first-order chi connectivity index (χ1) is 15.7. The summed E-state index contributed by atoms with van der Waals surface area (Å²) in [5.74, 6) is -0.104. The molecule has 0 radical (unpaired) electrons. The van der Waals surface area contributed by atoms with Gasteiger partial charge in [-0.2, -0.15) is 0 Å². The van der Waals surface area contributed by atoms with Crippen molar-refractivity contribution in [3.05, 3.63) is 90.3 Å². The van der Waals surface area contributed by atoms with Crippen molar-refractivity contribution in [3.8, 4) is 11.3 Å². The first-order valence-electron chi connectivity index (χ1n) is 10.7. The third-order valence-electron chi connectivity index (χ3n) is 6.59. The van der Waals surface area contributed by atoms with Gasteiger partial charge < -0.3 is 10.2 Å². The Morgan fingerprint density at radius 3 is 2.75 bits per heavy atom. The number of carbonyl (C=O) groups is 2. The number of nitrogens with zero attached hydrogens (tertiary/aromatic N) is 3. The molecule has 4 heterocycles. The maximum Gasteiger partial charge on any atom is 0.254 e. The SMILES string of the molecule is O=C(c1cc(-c2cccnc2)nc2ccccc12)N1CCC2(C1)C(=O)Nc1ccccc12. The number of amides is 2. The summed E-state index contributed by atoms with van der Waals surface area (Å²) >= 11 is 0. The molecule has 32 heavy (non-hydrogen) atoms. The van der Waals surface area contributed by atoms with Gasteiger partial charge in [0.25, 0.3) is 5.91 Å². The average molecular weight is 420 g/mol. The third-order valence-corrected chi connectivity index (χ3v) is 6.59. The molecule has 6 heteroatoms. The number of para-hydroxylation sites is 2. The van der Waals surface area contributed by atoms with E-state index in [1.54, 1.807) is 17.3 Å². The number of benzene rings is 2. The van der Waals surface area contributed by atoms with Gasteiger partial charge in [-0.05, 0) is 42.3 Å². The number of carbonyl (C=O) groups excluding carboxylic acids is 2. The fourth-order valence-electron chi connectivity index (χ4n) is 4.95. The quantitative estimate of drug-likeness (QED) is 0.531. The lowest BCUT2D eigenvalue weighted by atomic mass is 9.81. The maximum atomic E-state index is 13.8. The van der Waals surface area contributed by atoms with E-state index in [-0.39, 0.29) is 11.8 Å². The third kappa shape index (κ3) is 2.73. The lowest BCUT2D eigenvalue weighted by Gasteiger charge is -2.23. The van der Waals surface area contributed by atoms with Gasteiger partial charge in [-0.15, -0.1) is 0 Å². The Hall–Kier alpha value is -4.06. The second-order valence-electron chi connectivity index (χ2n) is 8.37. The van der Waals surface area contributed by atoms with Crippen molar-refractivity contribution < 1.29 is 9.59 Å². The molecule has 6 rings (SSSR count). The predicted octanol–water partition coefficient (Wildman–Crippen LogP) is 4.03. The highest BCUT2D eigenvalue weighted by Crippen LogP contribution is 2.44. The molecule has 2 aromatic heterocycles. The number of aromatic nitrogens is 2. The molecule has 0 saturated carbocycles. The van der Waals surface area contributed by atoms with Crippen LogP contribution in [0.2, 0.25) is 0 Å². The Morgan fingerprint density at radius 2 is 1.88 bits per heavy atom. The zero-order chi connectivity index (χ0) is 21.7. The number of likely N-dealkylation sites (tertiary alicyclic amines) is 1. The van der Waals surface area contributed by atoms with Gasteiger partial charge >= 0.3 is 0 Å². The number of hydrogen-bond acceptors (Lipinski definition) is 4. The van der Waals surface area contributed by atoms with E-state index in [0.29, 0.717) is 30.8 Å². The van der Waals surface area contributed by atoms with Gasteiger partial charge in [-0.25, -0.2) is 4.98 Å². The predicted molar refractivity (Wildman–Crippen MR) is 122 cm³/mol. The normalized spacial score (nSPS) is 19.4. The average Bonchev–Trinajstić information content (AvgIpc) is 3.41. The monoisotopic (exact) mass is 420 g/mol. The molecule has 1 spiro atoms. The van der Waals surface area contributed by atoms with E-state index in [1.165, 1.54) is 0 Å².